The highest BCUT2D eigenvalue weighted by atomic mass is 16.4. The van der Waals surface area contributed by atoms with E-state index in [1.54, 1.807) is 0 Å². The highest BCUT2D eigenvalue weighted by Gasteiger charge is 2.27. The van der Waals surface area contributed by atoms with Gasteiger partial charge in [-0.2, -0.15) is 0 Å². The molecule has 0 saturated heterocycles. The molecule has 0 aromatic rings. The number of carboxylic acid groups (broad SMARTS) is 1. The van der Waals surface area contributed by atoms with Crippen molar-refractivity contribution < 1.29 is 14.7 Å². The Morgan fingerprint density at radius 1 is 1.24 bits per heavy atom. The van der Waals surface area contributed by atoms with E-state index < -0.39 is 5.97 Å². The standard InChI is InChI=1S/C16H30N2O3/c1-12(4-5-14(19)20)8-11-17-15(21)18-13-6-9-16(2,3)10-7-13/h12-13H,4-11H2,1-3H3,(H,19,20)(H2,17,18,21). The molecule has 0 aromatic heterocycles. The molecule has 1 aliphatic carbocycles. The zero-order valence-electron chi connectivity index (χ0n) is 13.6. The van der Waals surface area contributed by atoms with Crippen LogP contribution in [0.2, 0.25) is 0 Å². The molecule has 122 valence electrons. The summed E-state index contributed by atoms with van der Waals surface area (Å²) >= 11 is 0. The van der Waals surface area contributed by atoms with Crippen LogP contribution in [0.5, 0.6) is 0 Å². The minimum Gasteiger partial charge on any atom is -0.481 e. The zero-order valence-corrected chi connectivity index (χ0v) is 13.6. The number of rotatable bonds is 7. The van der Waals surface area contributed by atoms with Gasteiger partial charge >= 0.3 is 12.0 Å². The lowest BCUT2D eigenvalue weighted by Crippen LogP contribution is -2.44. The Kier molecular flexibility index (Phi) is 6.99. The monoisotopic (exact) mass is 298 g/mol. The third-order valence-corrected chi connectivity index (χ3v) is 4.45. The largest absolute Gasteiger partial charge is 0.481 e. The van der Waals surface area contributed by atoms with E-state index in [2.05, 4.69) is 24.5 Å². The highest BCUT2D eigenvalue weighted by Crippen LogP contribution is 2.34. The molecule has 0 spiro atoms. The summed E-state index contributed by atoms with van der Waals surface area (Å²) in [5, 5.41) is 14.5. The van der Waals surface area contributed by atoms with Crippen LogP contribution in [0.25, 0.3) is 0 Å². The van der Waals surface area contributed by atoms with Crippen molar-refractivity contribution in [3.63, 3.8) is 0 Å². The Bertz CT molecular complexity index is 345. The molecule has 0 aromatic carbocycles. The first-order valence-electron chi connectivity index (χ1n) is 8.05. The third-order valence-electron chi connectivity index (χ3n) is 4.45. The second-order valence-corrected chi connectivity index (χ2v) is 7.16. The van der Waals surface area contributed by atoms with Gasteiger partial charge in [0.15, 0.2) is 0 Å². The van der Waals surface area contributed by atoms with Gasteiger partial charge in [-0.3, -0.25) is 4.79 Å². The lowest BCUT2D eigenvalue weighted by Gasteiger charge is -2.34. The normalized spacial score (nSPS) is 19.8. The molecule has 1 unspecified atom stereocenters. The van der Waals surface area contributed by atoms with Crippen molar-refractivity contribution in [1.82, 2.24) is 10.6 Å². The van der Waals surface area contributed by atoms with Gasteiger partial charge in [0, 0.05) is 19.0 Å². The average molecular weight is 298 g/mol. The van der Waals surface area contributed by atoms with Gasteiger partial charge in [0.05, 0.1) is 0 Å². The molecule has 1 rings (SSSR count). The van der Waals surface area contributed by atoms with Gasteiger partial charge in [-0.25, -0.2) is 4.79 Å². The number of hydrogen-bond acceptors (Lipinski definition) is 2. The first kappa shape index (κ1) is 17.8. The number of aliphatic carboxylic acids is 1. The van der Waals surface area contributed by atoms with Gasteiger partial charge < -0.3 is 15.7 Å². The predicted octanol–water partition coefficient (Wildman–Crippen LogP) is 3.15. The zero-order chi connectivity index (χ0) is 15.9. The minimum absolute atomic E-state index is 0.0925. The molecule has 3 N–H and O–H groups in total. The molecule has 1 saturated carbocycles. The van der Waals surface area contributed by atoms with Gasteiger partial charge in [-0.1, -0.05) is 20.8 Å². The summed E-state index contributed by atoms with van der Waals surface area (Å²) < 4.78 is 0. The van der Waals surface area contributed by atoms with E-state index in [1.807, 2.05) is 6.92 Å². The van der Waals surface area contributed by atoms with E-state index in [-0.39, 0.29) is 12.5 Å². The molecular weight excluding hydrogens is 268 g/mol. The van der Waals surface area contributed by atoms with Crippen LogP contribution in [-0.4, -0.2) is 29.7 Å². The molecule has 1 aliphatic rings. The van der Waals surface area contributed by atoms with Crippen molar-refractivity contribution in [2.24, 2.45) is 11.3 Å². The molecule has 5 nitrogen and oxygen atoms in total. The molecule has 1 atom stereocenters. The molecule has 2 amide bonds. The molecule has 0 radical (unpaired) electrons. The number of carbonyl (C=O) groups excluding carboxylic acids is 1. The summed E-state index contributed by atoms with van der Waals surface area (Å²) in [6, 6.07) is 0.201. The van der Waals surface area contributed by atoms with Crippen molar-refractivity contribution in [2.45, 2.75) is 71.8 Å². The maximum atomic E-state index is 11.8. The first-order valence-corrected chi connectivity index (χ1v) is 8.05. The van der Waals surface area contributed by atoms with Crippen LogP contribution >= 0.6 is 0 Å². The van der Waals surface area contributed by atoms with Crippen LogP contribution in [0.1, 0.15) is 65.7 Å². The third kappa shape index (κ3) is 7.93. The molecule has 1 fully saturated rings. The van der Waals surface area contributed by atoms with Crippen molar-refractivity contribution in [2.75, 3.05) is 6.54 Å². The number of hydrogen-bond donors (Lipinski definition) is 3. The van der Waals surface area contributed by atoms with E-state index in [0.29, 0.717) is 30.3 Å². The number of carboxylic acids is 1. The molecule has 5 heteroatoms. The fourth-order valence-electron chi connectivity index (χ4n) is 2.73. The number of nitrogens with one attached hydrogen (secondary N) is 2. The van der Waals surface area contributed by atoms with E-state index >= 15 is 0 Å². The van der Waals surface area contributed by atoms with E-state index in [1.165, 1.54) is 0 Å². The summed E-state index contributed by atoms with van der Waals surface area (Å²) in [7, 11) is 0. The molecule has 21 heavy (non-hydrogen) atoms. The second kappa shape index (κ2) is 8.25. The molecule has 0 bridgehead atoms. The van der Waals surface area contributed by atoms with Crippen LogP contribution in [0, 0.1) is 11.3 Å². The van der Waals surface area contributed by atoms with Crippen LogP contribution in [0.4, 0.5) is 4.79 Å². The quantitative estimate of drug-likeness (QED) is 0.675. The lowest BCUT2D eigenvalue weighted by atomic mass is 9.76. The fraction of sp³-hybridized carbons (Fsp3) is 0.875. The summed E-state index contributed by atoms with van der Waals surface area (Å²) in [5.41, 5.74) is 0.411. The van der Waals surface area contributed by atoms with Gasteiger partial charge in [-0.05, 0) is 49.9 Å². The van der Waals surface area contributed by atoms with Gasteiger partial charge in [0.25, 0.3) is 0 Å². The number of amides is 2. The summed E-state index contributed by atoms with van der Waals surface area (Å²) in [5.74, 6) is -0.440. The van der Waals surface area contributed by atoms with Crippen LogP contribution in [0.3, 0.4) is 0 Å². The Hall–Kier alpha value is -1.26. The van der Waals surface area contributed by atoms with Crippen molar-refractivity contribution in [1.29, 1.82) is 0 Å². The van der Waals surface area contributed by atoms with Gasteiger partial charge in [-0.15, -0.1) is 0 Å². The Labute approximate surface area is 127 Å². The summed E-state index contributed by atoms with van der Waals surface area (Å²) in [4.78, 5) is 22.3. The lowest BCUT2D eigenvalue weighted by molar-refractivity contribution is -0.137. The maximum Gasteiger partial charge on any atom is 0.315 e. The number of carbonyl (C=O) groups is 2. The van der Waals surface area contributed by atoms with E-state index in [4.69, 9.17) is 5.11 Å². The van der Waals surface area contributed by atoms with Crippen LogP contribution in [-0.2, 0) is 4.79 Å². The maximum absolute atomic E-state index is 11.8. The second-order valence-electron chi connectivity index (χ2n) is 7.16. The summed E-state index contributed by atoms with van der Waals surface area (Å²) in [6.45, 7) is 7.18. The van der Waals surface area contributed by atoms with E-state index in [9.17, 15) is 9.59 Å². The SMILES string of the molecule is CC(CCNC(=O)NC1CCC(C)(C)CC1)CCC(=O)O. The topological polar surface area (TPSA) is 78.4 Å². The van der Waals surface area contributed by atoms with Crippen LogP contribution in [0.15, 0.2) is 0 Å². The highest BCUT2D eigenvalue weighted by molar-refractivity contribution is 5.74. The van der Waals surface area contributed by atoms with E-state index in [0.717, 1.165) is 32.1 Å². The Morgan fingerprint density at radius 2 is 1.86 bits per heavy atom. The van der Waals surface area contributed by atoms with Crippen molar-refractivity contribution in [3.05, 3.63) is 0 Å². The predicted molar refractivity (Wildman–Crippen MR) is 83.2 cm³/mol. The van der Waals surface area contributed by atoms with Crippen molar-refractivity contribution >= 4 is 12.0 Å². The Balaban J connectivity index is 2.10. The average Bonchev–Trinajstić information content (AvgIpc) is 2.39. The fourth-order valence-corrected chi connectivity index (χ4v) is 2.73. The summed E-state index contributed by atoms with van der Waals surface area (Å²) in [6.07, 6.45) is 6.10. The molecular formula is C16H30N2O3. The first-order chi connectivity index (χ1) is 9.78. The Morgan fingerprint density at radius 3 is 2.43 bits per heavy atom. The minimum atomic E-state index is -0.757. The van der Waals surface area contributed by atoms with Crippen molar-refractivity contribution in [3.8, 4) is 0 Å². The number of urea groups is 1. The molecule has 0 heterocycles. The van der Waals surface area contributed by atoms with Gasteiger partial charge in [0.2, 0.25) is 0 Å². The smallest absolute Gasteiger partial charge is 0.315 e. The van der Waals surface area contributed by atoms with Crippen LogP contribution < -0.4 is 10.6 Å². The molecule has 0 aliphatic heterocycles. The van der Waals surface area contributed by atoms with Gasteiger partial charge in [0.1, 0.15) is 0 Å².